The van der Waals surface area contributed by atoms with E-state index in [2.05, 4.69) is 159 Å². The van der Waals surface area contributed by atoms with Gasteiger partial charge < -0.3 is 24.8 Å². The zero-order chi connectivity index (χ0) is 29.8. The maximum absolute atomic E-state index is 2.67. The normalized spacial score (nSPS) is 13.7. The van der Waals surface area contributed by atoms with E-state index < -0.39 is 21.3 Å². The van der Waals surface area contributed by atoms with Crippen LogP contribution in [0.5, 0.6) is 0 Å². The van der Waals surface area contributed by atoms with Gasteiger partial charge in [0.2, 0.25) is 0 Å². The van der Waals surface area contributed by atoms with E-state index in [1.807, 2.05) is 0 Å². The predicted octanol–water partition coefficient (Wildman–Crippen LogP) is 4.71. The van der Waals surface area contributed by atoms with Crippen LogP contribution in [0.15, 0.2) is 106 Å². The summed E-state index contributed by atoms with van der Waals surface area (Å²) in [5.74, 6) is 0. The molecule has 0 unspecified atom stereocenters. The summed E-state index contributed by atoms with van der Waals surface area (Å²) >= 11 is -2.67. The van der Waals surface area contributed by atoms with Crippen molar-refractivity contribution in [3.63, 3.8) is 0 Å². The van der Waals surface area contributed by atoms with Crippen LogP contribution in [-0.2, 0) is 32.1 Å². The minimum absolute atomic E-state index is 0. The molecule has 0 fully saturated rings. The minimum atomic E-state index is -2.67. The summed E-state index contributed by atoms with van der Waals surface area (Å²) < 4.78 is 3.77. The maximum atomic E-state index is 2.50. The summed E-state index contributed by atoms with van der Waals surface area (Å²) in [6.45, 7) is 18.4. The number of allylic oxidation sites excluding steroid dienone is 4. The van der Waals surface area contributed by atoms with Crippen molar-refractivity contribution in [2.45, 2.75) is 76.3 Å². The van der Waals surface area contributed by atoms with Crippen LogP contribution in [0.2, 0.25) is 0 Å². The standard InChI is InChI=1S/C21H26.C15H13.C5H5.2ClH.Zr/c1-20(2,3)18-11-7-16(8-12-18)15-17-9-13-19(14-10-17)21(4,5)6;1-10-3-5-14-12(7-10)9-13-8-11(2)4-6-15(13)14;1-2-4-5-3-1;;;/h7-14H,1-6H3;3-9H,1-2H3;1-3H,4H2;2*1H;/q;;;;;+2/p-2. The van der Waals surface area contributed by atoms with E-state index in [9.17, 15) is 0 Å². The molecule has 3 heteroatoms. The van der Waals surface area contributed by atoms with Crippen molar-refractivity contribution in [3.8, 4) is 11.1 Å². The second kappa shape index (κ2) is 13.2. The number of aryl methyl sites for hydroxylation is 2. The van der Waals surface area contributed by atoms with Gasteiger partial charge in [-0.05, 0) is 0 Å². The maximum Gasteiger partial charge on any atom is -1.00 e. The van der Waals surface area contributed by atoms with Gasteiger partial charge in [-0.3, -0.25) is 0 Å². The molecular weight excluding hydrogens is 655 g/mol. The first-order chi connectivity index (χ1) is 19.9. The molecule has 44 heavy (non-hydrogen) atoms. The molecule has 6 rings (SSSR count). The molecule has 0 bridgehead atoms. The molecule has 2 aliphatic carbocycles. The molecule has 0 atom stereocenters. The Morgan fingerprint density at radius 1 is 0.614 bits per heavy atom. The van der Waals surface area contributed by atoms with Crippen LogP contribution < -0.4 is 24.8 Å². The minimum Gasteiger partial charge on any atom is -1.00 e. The van der Waals surface area contributed by atoms with E-state index in [0.29, 0.717) is 3.63 Å². The van der Waals surface area contributed by atoms with Crippen LogP contribution >= 0.6 is 0 Å². The van der Waals surface area contributed by atoms with E-state index in [0.717, 1.165) is 6.42 Å². The third-order valence-electron chi connectivity index (χ3n) is 9.08. The van der Waals surface area contributed by atoms with Gasteiger partial charge in [0.1, 0.15) is 0 Å². The molecular formula is C41H44Cl2Zr. The Balaban J connectivity index is 0.00000221. The molecule has 0 N–H and O–H groups in total. The topological polar surface area (TPSA) is 0 Å². The van der Waals surface area contributed by atoms with Crippen molar-refractivity contribution < 1.29 is 46.1 Å². The Morgan fingerprint density at radius 3 is 1.41 bits per heavy atom. The molecule has 226 valence electrons. The van der Waals surface area contributed by atoms with Crippen molar-refractivity contribution >= 4 is 3.21 Å². The van der Waals surface area contributed by atoms with Crippen LogP contribution in [0, 0.1) is 13.8 Å². The number of benzene rings is 4. The molecule has 0 saturated heterocycles. The molecule has 0 spiro atoms. The van der Waals surface area contributed by atoms with Crippen LogP contribution in [0.3, 0.4) is 0 Å². The van der Waals surface area contributed by atoms with Gasteiger partial charge in [0.05, 0.1) is 0 Å². The Labute approximate surface area is 285 Å². The molecule has 0 nitrogen and oxygen atoms in total. The second-order valence-corrected chi connectivity index (χ2v) is 20.6. The van der Waals surface area contributed by atoms with Gasteiger partial charge >= 0.3 is 263 Å². The molecule has 0 saturated carbocycles. The van der Waals surface area contributed by atoms with Crippen LogP contribution in [0.4, 0.5) is 0 Å². The summed E-state index contributed by atoms with van der Waals surface area (Å²) in [6.07, 6.45) is 8.24. The first-order valence-corrected chi connectivity index (χ1v) is 19.3. The zero-order valence-electron chi connectivity index (χ0n) is 27.4. The van der Waals surface area contributed by atoms with Crippen molar-refractivity contribution in [3.05, 3.63) is 151 Å². The molecule has 4 aromatic carbocycles. The number of hydrogen-bond acceptors (Lipinski definition) is 0. The van der Waals surface area contributed by atoms with Gasteiger partial charge in [-0.2, -0.15) is 0 Å². The summed E-state index contributed by atoms with van der Waals surface area (Å²) in [7, 11) is 0. The zero-order valence-corrected chi connectivity index (χ0v) is 31.3. The van der Waals surface area contributed by atoms with E-state index >= 15 is 0 Å². The van der Waals surface area contributed by atoms with Gasteiger partial charge in [0.25, 0.3) is 0 Å². The first kappa shape index (κ1) is 34.6. The van der Waals surface area contributed by atoms with Crippen molar-refractivity contribution in [2.24, 2.45) is 0 Å². The third-order valence-corrected chi connectivity index (χ3v) is 17.4. The average Bonchev–Trinajstić information content (AvgIpc) is 3.57. The largest absolute Gasteiger partial charge is 1.00 e. The van der Waals surface area contributed by atoms with Gasteiger partial charge in [0, 0.05) is 0 Å². The van der Waals surface area contributed by atoms with E-state index in [1.165, 1.54) is 44.5 Å². The summed E-state index contributed by atoms with van der Waals surface area (Å²) in [6, 6.07) is 33.6. The van der Waals surface area contributed by atoms with Gasteiger partial charge in [-0.15, -0.1) is 0 Å². The van der Waals surface area contributed by atoms with E-state index in [1.54, 1.807) is 17.6 Å². The monoisotopic (exact) mass is 696 g/mol. The van der Waals surface area contributed by atoms with Gasteiger partial charge in [-0.1, -0.05) is 0 Å². The van der Waals surface area contributed by atoms with Crippen LogP contribution in [0.25, 0.3) is 11.1 Å². The fraction of sp³-hybridized carbons (Fsp3) is 0.293. The predicted molar refractivity (Wildman–Crippen MR) is 179 cm³/mol. The quantitative estimate of drug-likeness (QED) is 0.290. The fourth-order valence-corrected chi connectivity index (χ4v) is 15.7. The third kappa shape index (κ3) is 6.63. The second-order valence-electron chi connectivity index (χ2n) is 14.4. The van der Waals surface area contributed by atoms with Crippen molar-refractivity contribution in [2.75, 3.05) is 0 Å². The first-order valence-electron chi connectivity index (χ1n) is 15.5. The molecule has 2 aliphatic rings. The van der Waals surface area contributed by atoms with Crippen molar-refractivity contribution in [1.82, 2.24) is 0 Å². The average molecular weight is 699 g/mol. The number of fused-ring (bicyclic) bond motifs is 3. The summed E-state index contributed by atoms with van der Waals surface area (Å²) in [4.78, 5) is 0. The smallest absolute Gasteiger partial charge is 1.00 e. The Bertz CT molecular complexity index is 1640. The fourth-order valence-electron chi connectivity index (χ4n) is 6.70. The molecule has 0 amide bonds. The van der Waals surface area contributed by atoms with E-state index in [-0.39, 0.29) is 35.6 Å². The Kier molecular flexibility index (Phi) is 10.4. The molecule has 0 radical (unpaired) electrons. The van der Waals surface area contributed by atoms with E-state index in [4.69, 9.17) is 0 Å². The Hall–Kier alpha value is -2.31. The molecule has 0 aliphatic heterocycles. The number of rotatable bonds is 4. The molecule has 0 aromatic heterocycles. The van der Waals surface area contributed by atoms with Crippen molar-refractivity contribution in [1.29, 1.82) is 0 Å². The molecule has 0 heterocycles. The van der Waals surface area contributed by atoms with Crippen LogP contribution in [0.1, 0.15) is 96.1 Å². The van der Waals surface area contributed by atoms with Gasteiger partial charge in [0.15, 0.2) is 0 Å². The summed E-state index contributed by atoms with van der Waals surface area (Å²) in [5, 5.41) is 0. The Morgan fingerprint density at radius 2 is 1.05 bits per heavy atom. The number of hydrogen-bond donors (Lipinski definition) is 0. The van der Waals surface area contributed by atoms with Gasteiger partial charge in [-0.25, -0.2) is 0 Å². The van der Waals surface area contributed by atoms with Crippen LogP contribution in [-0.4, -0.2) is 3.21 Å². The molecule has 4 aromatic rings. The summed E-state index contributed by atoms with van der Waals surface area (Å²) in [5.41, 5.74) is 14.5. The number of halogens is 2. The SMILES string of the molecule is Cc1ccc2c(c1)[CH]([Zr+2]([C]1=CC=CC1)=[C](c1ccc(C(C)(C)C)cc1)c1ccc(C(C)(C)C)cc1)c1cc(C)ccc1-2.[Cl-].[Cl-].